The molecule has 47 heavy (non-hydrogen) atoms. The maximum Gasteiger partial charge on any atom is 0.136 e. The largest absolute Gasteiger partial charge is 0.485 e. The molecular formula is C43H56O4. The zero-order valence-corrected chi connectivity index (χ0v) is 29.8. The van der Waals surface area contributed by atoms with E-state index in [1.54, 1.807) is 0 Å². The van der Waals surface area contributed by atoms with Crippen molar-refractivity contribution in [3.63, 3.8) is 0 Å². The Labute approximate surface area is 283 Å². The lowest BCUT2D eigenvalue weighted by Gasteiger charge is -2.38. The highest BCUT2D eigenvalue weighted by Gasteiger charge is 2.42. The molecule has 0 saturated heterocycles. The molecule has 4 rings (SSSR count). The standard InChI is InChI=1S/C43H56O4/c1-28(2)32-17-19-35(39(23-32)30(5)6)21-34-13-9-11-15-38(34)42(43(25-44,26-45)27-46)47-41-16-12-10-14-37(41)22-36-20-18-33(29(3)4)24-40(36)31(7)8/h9-20,23-24,28-31,42,44-46H,21-22,25-27H2,1-8H3. The summed E-state index contributed by atoms with van der Waals surface area (Å²) in [6.07, 6.45) is 0.549. The van der Waals surface area contributed by atoms with Crippen LogP contribution in [0.15, 0.2) is 84.9 Å². The normalized spacial score (nSPS) is 12.8. The number of hydrogen-bond donors (Lipinski definition) is 3. The molecule has 0 heterocycles. The summed E-state index contributed by atoms with van der Waals surface area (Å²) < 4.78 is 6.93. The summed E-state index contributed by atoms with van der Waals surface area (Å²) in [6.45, 7) is 16.5. The third kappa shape index (κ3) is 8.35. The molecule has 252 valence electrons. The number of rotatable bonds is 15. The van der Waals surface area contributed by atoms with Crippen molar-refractivity contribution < 1.29 is 20.1 Å². The summed E-state index contributed by atoms with van der Waals surface area (Å²) >= 11 is 0. The molecule has 0 spiro atoms. The molecule has 0 radical (unpaired) electrons. The SMILES string of the molecule is CC(C)c1ccc(Cc2ccccc2OC(c2ccccc2Cc2ccc(C(C)C)cc2C(C)C)C(CO)(CO)CO)c(C(C)C)c1. The quantitative estimate of drug-likeness (QED) is 0.122. The maximum absolute atomic E-state index is 10.7. The molecule has 4 aromatic rings. The molecule has 0 fully saturated rings. The lowest BCUT2D eigenvalue weighted by atomic mass is 9.78. The molecule has 1 atom stereocenters. The zero-order chi connectivity index (χ0) is 34.3. The minimum Gasteiger partial charge on any atom is -0.485 e. The highest BCUT2D eigenvalue weighted by molar-refractivity contribution is 5.45. The molecule has 4 aromatic carbocycles. The first-order chi connectivity index (χ1) is 22.4. The van der Waals surface area contributed by atoms with Gasteiger partial charge < -0.3 is 20.1 Å². The van der Waals surface area contributed by atoms with Crippen LogP contribution >= 0.6 is 0 Å². The molecule has 0 aliphatic carbocycles. The van der Waals surface area contributed by atoms with Crippen molar-refractivity contribution in [2.75, 3.05) is 19.8 Å². The van der Waals surface area contributed by atoms with Crippen molar-refractivity contribution in [2.24, 2.45) is 5.41 Å². The summed E-state index contributed by atoms with van der Waals surface area (Å²) in [5.74, 6) is 2.29. The van der Waals surface area contributed by atoms with E-state index in [0.717, 1.165) is 16.7 Å². The molecule has 3 N–H and O–H groups in total. The third-order valence-corrected chi connectivity index (χ3v) is 9.73. The molecule has 4 heteroatoms. The monoisotopic (exact) mass is 636 g/mol. The second-order valence-electron chi connectivity index (χ2n) is 14.5. The Balaban J connectivity index is 1.80. The van der Waals surface area contributed by atoms with Crippen LogP contribution in [0.4, 0.5) is 0 Å². The number of para-hydroxylation sites is 1. The molecule has 1 unspecified atom stereocenters. The van der Waals surface area contributed by atoms with E-state index in [1.807, 2.05) is 36.4 Å². The van der Waals surface area contributed by atoms with Crippen LogP contribution in [0, 0.1) is 5.41 Å². The summed E-state index contributed by atoms with van der Waals surface area (Å²) in [7, 11) is 0. The Morgan fingerprint density at radius 3 is 1.38 bits per heavy atom. The van der Waals surface area contributed by atoms with Gasteiger partial charge in [0.1, 0.15) is 11.9 Å². The van der Waals surface area contributed by atoms with E-state index >= 15 is 0 Å². The topological polar surface area (TPSA) is 69.9 Å². The highest BCUT2D eigenvalue weighted by Crippen LogP contribution is 2.41. The van der Waals surface area contributed by atoms with Crippen LogP contribution in [0.3, 0.4) is 0 Å². The van der Waals surface area contributed by atoms with E-state index in [4.69, 9.17) is 4.74 Å². The lowest BCUT2D eigenvalue weighted by Crippen LogP contribution is -2.43. The second-order valence-corrected chi connectivity index (χ2v) is 14.5. The first-order valence-electron chi connectivity index (χ1n) is 17.3. The van der Waals surface area contributed by atoms with Crippen molar-refractivity contribution in [1.82, 2.24) is 0 Å². The van der Waals surface area contributed by atoms with Gasteiger partial charge in [-0.3, -0.25) is 0 Å². The van der Waals surface area contributed by atoms with Gasteiger partial charge in [0.2, 0.25) is 0 Å². The number of benzene rings is 4. The van der Waals surface area contributed by atoms with Crippen LogP contribution in [0.1, 0.15) is 135 Å². The first-order valence-corrected chi connectivity index (χ1v) is 17.3. The molecule has 0 aliphatic rings. The molecule has 0 aromatic heterocycles. The van der Waals surface area contributed by atoms with Gasteiger partial charge in [0.25, 0.3) is 0 Å². The van der Waals surface area contributed by atoms with Crippen LogP contribution < -0.4 is 4.74 Å². The summed E-state index contributed by atoms with van der Waals surface area (Å²) in [5.41, 5.74) is 9.39. The minimum absolute atomic E-state index is 0.353. The highest BCUT2D eigenvalue weighted by atomic mass is 16.5. The fourth-order valence-electron chi connectivity index (χ4n) is 6.51. The molecule has 0 amide bonds. The Morgan fingerprint density at radius 2 is 0.915 bits per heavy atom. The number of hydrogen-bond acceptors (Lipinski definition) is 4. The molecule has 4 nitrogen and oxygen atoms in total. The van der Waals surface area contributed by atoms with Crippen LogP contribution in [0.25, 0.3) is 0 Å². The zero-order valence-electron chi connectivity index (χ0n) is 29.8. The predicted molar refractivity (Wildman–Crippen MR) is 195 cm³/mol. The molecule has 0 bridgehead atoms. The van der Waals surface area contributed by atoms with Gasteiger partial charge in [-0.15, -0.1) is 0 Å². The van der Waals surface area contributed by atoms with E-state index in [-0.39, 0.29) is 0 Å². The van der Waals surface area contributed by atoms with Gasteiger partial charge in [-0.1, -0.05) is 134 Å². The van der Waals surface area contributed by atoms with Crippen LogP contribution in [0.5, 0.6) is 5.75 Å². The number of ether oxygens (including phenoxy) is 1. The fourth-order valence-corrected chi connectivity index (χ4v) is 6.51. The Morgan fingerprint density at radius 1 is 0.489 bits per heavy atom. The van der Waals surface area contributed by atoms with Gasteiger partial charge in [0.15, 0.2) is 0 Å². The molecule has 0 saturated carbocycles. The summed E-state index contributed by atoms with van der Waals surface area (Å²) in [4.78, 5) is 0. The Kier molecular flexibility index (Phi) is 12.5. The maximum atomic E-state index is 10.7. The molecule has 0 aliphatic heterocycles. The van der Waals surface area contributed by atoms with E-state index in [1.165, 1.54) is 33.4 Å². The van der Waals surface area contributed by atoms with Crippen molar-refractivity contribution in [3.05, 3.63) is 135 Å². The Hall–Kier alpha value is -3.44. The van der Waals surface area contributed by atoms with Gasteiger partial charge >= 0.3 is 0 Å². The average Bonchev–Trinajstić information content (AvgIpc) is 3.06. The second kappa shape index (κ2) is 16.1. The van der Waals surface area contributed by atoms with E-state index in [0.29, 0.717) is 42.3 Å². The van der Waals surface area contributed by atoms with Crippen molar-refractivity contribution in [2.45, 2.75) is 98.0 Å². The fraction of sp³-hybridized carbons (Fsp3) is 0.442. The van der Waals surface area contributed by atoms with Gasteiger partial charge in [-0.05, 0) is 86.2 Å². The van der Waals surface area contributed by atoms with Crippen LogP contribution in [-0.2, 0) is 12.8 Å². The van der Waals surface area contributed by atoms with E-state index in [2.05, 4.69) is 104 Å². The van der Waals surface area contributed by atoms with Gasteiger partial charge in [-0.2, -0.15) is 0 Å². The van der Waals surface area contributed by atoms with Crippen molar-refractivity contribution >= 4 is 0 Å². The minimum atomic E-state index is -1.31. The van der Waals surface area contributed by atoms with Crippen molar-refractivity contribution in [1.29, 1.82) is 0 Å². The first kappa shape index (κ1) is 36.4. The smallest absolute Gasteiger partial charge is 0.136 e. The van der Waals surface area contributed by atoms with E-state index in [9.17, 15) is 15.3 Å². The van der Waals surface area contributed by atoms with Gasteiger partial charge in [0, 0.05) is 6.42 Å². The van der Waals surface area contributed by atoms with Gasteiger partial charge in [-0.25, -0.2) is 0 Å². The predicted octanol–water partition coefficient (Wildman–Crippen LogP) is 9.45. The summed E-state index contributed by atoms with van der Waals surface area (Å²) in [5, 5.41) is 32.2. The van der Waals surface area contributed by atoms with Crippen molar-refractivity contribution in [3.8, 4) is 5.75 Å². The number of aliphatic hydroxyl groups is 3. The van der Waals surface area contributed by atoms with Crippen LogP contribution in [0.2, 0.25) is 0 Å². The van der Waals surface area contributed by atoms with E-state index < -0.39 is 31.3 Å². The Bertz CT molecular complexity index is 1590. The molecular weight excluding hydrogens is 580 g/mol. The third-order valence-electron chi connectivity index (χ3n) is 9.73. The van der Waals surface area contributed by atoms with Gasteiger partial charge in [0.05, 0.1) is 25.2 Å². The number of aliphatic hydroxyl groups excluding tert-OH is 3. The van der Waals surface area contributed by atoms with Crippen LogP contribution in [-0.4, -0.2) is 35.1 Å². The lowest BCUT2D eigenvalue weighted by molar-refractivity contribution is -0.0747. The summed E-state index contributed by atoms with van der Waals surface area (Å²) in [6, 6.07) is 29.7. The average molecular weight is 637 g/mol.